The predicted molar refractivity (Wildman–Crippen MR) is 225 cm³/mol. The number of benzene rings is 5. The first-order valence-electron chi connectivity index (χ1n) is 17.3. The lowest BCUT2D eigenvalue weighted by Gasteiger charge is -2.21. The highest BCUT2D eigenvalue weighted by atomic mass is 32.1. The number of nitrogens with one attached hydrogen (secondary N) is 2. The summed E-state index contributed by atoms with van der Waals surface area (Å²) in [7, 11) is -3.84. The molecule has 9 nitrogen and oxygen atoms in total. The number of anilines is 4. The number of amides is 2. The van der Waals surface area contributed by atoms with Gasteiger partial charge in [-0.25, -0.2) is 0 Å². The number of carbonyl (C=O) groups excluding carboxylic acids is 2. The Labute approximate surface area is 327 Å². The molecule has 0 fully saturated rings. The molecule has 0 aliphatic carbocycles. The van der Waals surface area contributed by atoms with Gasteiger partial charge in [0.05, 0.1) is 41.3 Å². The first-order valence-corrected chi connectivity index (χ1v) is 20.6. The van der Waals surface area contributed by atoms with E-state index in [1.807, 2.05) is 78.3 Å². The van der Waals surface area contributed by atoms with Gasteiger partial charge in [-0.15, -0.1) is 22.7 Å². The Kier molecular flexibility index (Phi) is 11.4. The number of thiophene rings is 2. The number of carbonyl (C=O) groups is 2. The average molecular weight is 785 g/mol. The van der Waals surface area contributed by atoms with E-state index in [4.69, 9.17) is 20.5 Å². The van der Waals surface area contributed by atoms with Gasteiger partial charge in [-0.3, -0.25) is 14.2 Å². The summed E-state index contributed by atoms with van der Waals surface area (Å²) >= 11 is 3.21. The number of hydrogen-bond acceptors (Lipinski definition) is 9. The molecule has 0 aliphatic heterocycles. The van der Waals surface area contributed by atoms with Crippen LogP contribution in [0.1, 0.15) is 37.4 Å². The zero-order valence-corrected chi connectivity index (χ0v) is 32.3. The Hall–Kier alpha value is -5.81. The molecule has 6 N–H and O–H groups in total. The highest BCUT2D eigenvalue weighted by Crippen LogP contribution is 2.49. The van der Waals surface area contributed by atoms with Crippen molar-refractivity contribution in [1.29, 1.82) is 0 Å². The third-order valence-electron chi connectivity index (χ3n) is 8.86. The van der Waals surface area contributed by atoms with Crippen molar-refractivity contribution in [2.75, 3.05) is 22.1 Å². The zero-order valence-electron chi connectivity index (χ0n) is 29.7. The molecule has 7 rings (SSSR count). The van der Waals surface area contributed by atoms with Crippen LogP contribution in [0.4, 0.5) is 22.7 Å². The smallest absolute Gasteiger partial charge is 0.362 e. The summed E-state index contributed by atoms with van der Waals surface area (Å²) in [5.74, 6) is -0.625. The van der Waals surface area contributed by atoms with E-state index in [0.717, 1.165) is 26.4 Å². The lowest BCUT2D eigenvalue weighted by molar-refractivity contribution is 0.101. The van der Waals surface area contributed by atoms with Crippen molar-refractivity contribution < 1.29 is 23.2 Å². The van der Waals surface area contributed by atoms with Gasteiger partial charge >= 0.3 is 7.60 Å². The van der Waals surface area contributed by atoms with Crippen LogP contribution in [-0.2, 0) is 26.8 Å². The average Bonchev–Trinajstić information content (AvgIpc) is 3.95. The zero-order chi connectivity index (χ0) is 38.4. The van der Waals surface area contributed by atoms with E-state index in [0.29, 0.717) is 50.3 Å². The topological polar surface area (TPSA) is 146 Å². The van der Waals surface area contributed by atoms with Crippen molar-refractivity contribution >= 4 is 70.1 Å². The molecule has 0 aliphatic rings. The monoisotopic (exact) mass is 784 g/mol. The molecule has 0 saturated heterocycles. The number of aryl methyl sites for hydroxylation is 1. The second-order valence-electron chi connectivity index (χ2n) is 12.7. The maximum Gasteiger partial charge on any atom is 0.362 e. The Morgan fingerprint density at radius 2 is 1.05 bits per heavy atom. The fourth-order valence-electron chi connectivity index (χ4n) is 5.78. The van der Waals surface area contributed by atoms with Crippen molar-refractivity contribution in [3.8, 4) is 20.9 Å². The molecular formula is C43H37N4O5PS2. The lowest BCUT2D eigenvalue weighted by atomic mass is 10.1. The summed E-state index contributed by atoms with van der Waals surface area (Å²) in [4.78, 5) is 28.5. The summed E-state index contributed by atoms with van der Waals surface area (Å²) in [6.45, 7) is 1.79. The highest BCUT2D eigenvalue weighted by molar-refractivity contribution is 7.62. The molecule has 5 aromatic carbocycles. The predicted octanol–water partition coefficient (Wildman–Crippen LogP) is 10.4. The minimum atomic E-state index is -3.84. The van der Waals surface area contributed by atoms with Crippen molar-refractivity contribution in [3.05, 3.63) is 172 Å². The van der Waals surface area contributed by atoms with Gasteiger partial charge in [-0.1, -0.05) is 66.7 Å². The molecule has 0 bridgehead atoms. The third kappa shape index (κ3) is 8.95. The van der Waals surface area contributed by atoms with E-state index >= 15 is 0 Å². The molecule has 12 heteroatoms. The fourth-order valence-corrected chi connectivity index (χ4v) is 8.99. The molecule has 0 saturated carbocycles. The van der Waals surface area contributed by atoms with E-state index in [1.165, 1.54) is 0 Å². The standard InChI is InChI=1S/C43H37N4O5PS2/c1-28-6-2-3-7-39(28)53(50,51-26-29-10-14-31(15-11-29)42(48)46-37-24-33(18-20-35(37)44)40-8-4-22-54-40)52-27-30-12-16-32(17-13-30)43(49)47-38-25-34(19-21-36(38)45)41-9-5-23-55-41/h2-25H,26-27,44-45H2,1H3,(H,46,48)(H,47,49). The van der Waals surface area contributed by atoms with Crippen LogP contribution in [0.3, 0.4) is 0 Å². The molecule has 2 aromatic heterocycles. The van der Waals surface area contributed by atoms with Gasteiger partial charge < -0.3 is 31.1 Å². The third-order valence-corrected chi connectivity index (χ3v) is 12.7. The Morgan fingerprint density at radius 1 is 0.600 bits per heavy atom. The minimum absolute atomic E-state index is 0.0285. The molecule has 0 atom stereocenters. The second-order valence-corrected chi connectivity index (χ2v) is 16.6. The number of rotatable bonds is 13. The molecule has 0 spiro atoms. The summed E-state index contributed by atoms with van der Waals surface area (Å²) in [6.07, 6.45) is 0. The lowest BCUT2D eigenvalue weighted by Crippen LogP contribution is -2.15. The maximum absolute atomic E-state index is 14.4. The maximum atomic E-state index is 14.4. The summed E-state index contributed by atoms with van der Waals surface area (Å²) < 4.78 is 26.6. The van der Waals surface area contributed by atoms with Crippen LogP contribution in [0.15, 0.2) is 144 Å². The van der Waals surface area contributed by atoms with E-state index in [2.05, 4.69) is 10.6 Å². The molecule has 276 valence electrons. The number of nitrogen functional groups attached to an aromatic ring is 2. The fraction of sp³-hybridized carbons (Fsp3) is 0.0698. The SMILES string of the molecule is Cc1ccccc1P(=O)(OCc1ccc(C(=O)Nc2cc(-c3cccs3)ccc2N)cc1)OCc1ccc(C(=O)Nc2cc(-c3cccs3)ccc2N)cc1. The van der Waals surface area contributed by atoms with Crippen molar-refractivity contribution in [1.82, 2.24) is 0 Å². The van der Waals surface area contributed by atoms with Crippen LogP contribution >= 0.6 is 30.3 Å². The van der Waals surface area contributed by atoms with Gasteiger partial charge in [0.25, 0.3) is 11.8 Å². The molecule has 7 aromatic rings. The van der Waals surface area contributed by atoms with Crippen LogP contribution in [0.5, 0.6) is 0 Å². The summed E-state index contributed by atoms with van der Waals surface area (Å²) in [5, 5.41) is 10.3. The van der Waals surface area contributed by atoms with Gasteiger partial charge in [-0.05, 0) is 112 Å². The summed E-state index contributed by atoms with van der Waals surface area (Å²) in [5.41, 5.74) is 19.3. The van der Waals surface area contributed by atoms with Gasteiger partial charge in [0, 0.05) is 20.9 Å². The molecule has 0 unspecified atom stereocenters. The van der Waals surface area contributed by atoms with Crippen LogP contribution in [0.25, 0.3) is 20.9 Å². The van der Waals surface area contributed by atoms with Crippen LogP contribution in [0, 0.1) is 6.92 Å². The van der Waals surface area contributed by atoms with Gasteiger partial charge in [-0.2, -0.15) is 0 Å². The van der Waals surface area contributed by atoms with Gasteiger partial charge in [0.1, 0.15) is 0 Å². The highest BCUT2D eigenvalue weighted by Gasteiger charge is 2.30. The second kappa shape index (κ2) is 16.7. The van der Waals surface area contributed by atoms with Crippen LogP contribution in [0.2, 0.25) is 0 Å². The van der Waals surface area contributed by atoms with E-state index in [-0.39, 0.29) is 25.0 Å². The molecule has 2 heterocycles. The molecule has 2 amide bonds. The van der Waals surface area contributed by atoms with E-state index in [9.17, 15) is 14.2 Å². The summed E-state index contributed by atoms with van der Waals surface area (Å²) in [6, 6.07) is 40.0. The van der Waals surface area contributed by atoms with Crippen LogP contribution in [-0.4, -0.2) is 11.8 Å². The van der Waals surface area contributed by atoms with E-state index < -0.39 is 7.60 Å². The Balaban J connectivity index is 0.995. The Morgan fingerprint density at radius 3 is 1.47 bits per heavy atom. The van der Waals surface area contributed by atoms with Gasteiger partial charge in [0.15, 0.2) is 0 Å². The molecule has 55 heavy (non-hydrogen) atoms. The molecule has 0 radical (unpaired) electrons. The normalized spacial score (nSPS) is 11.3. The first kappa shape index (κ1) is 37.5. The van der Waals surface area contributed by atoms with Crippen molar-refractivity contribution in [2.45, 2.75) is 20.1 Å². The molecular weight excluding hydrogens is 748 g/mol. The first-order chi connectivity index (χ1) is 26.6. The Bertz CT molecular complexity index is 2340. The number of hydrogen-bond donors (Lipinski definition) is 4. The van der Waals surface area contributed by atoms with Gasteiger partial charge in [0.2, 0.25) is 0 Å². The minimum Gasteiger partial charge on any atom is -0.397 e. The number of nitrogens with two attached hydrogens (primary N) is 2. The van der Waals surface area contributed by atoms with E-state index in [1.54, 1.807) is 95.5 Å². The van der Waals surface area contributed by atoms with Crippen LogP contribution < -0.4 is 27.4 Å². The van der Waals surface area contributed by atoms with Crippen molar-refractivity contribution in [3.63, 3.8) is 0 Å². The van der Waals surface area contributed by atoms with Crippen molar-refractivity contribution in [2.24, 2.45) is 0 Å². The largest absolute Gasteiger partial charge is 0.397 e. The quantitative estimate of drug-likeness (QED) is 0.0672.